The molecule has 0 aliphatic carbocycles. The van der Waals surface area contributed by atoms with Crippen LogP contribution in [0.2, 0.25) is 5.02 Å². The quantitative estimate of drug-likeness (QED) is 0.287. The minimum absolute atomic E-state index is 0.00379. The third-order valence-corrected chi connectivity index (χ3v) is 6.93. The van der Waals surface area contributed by atoms with Crippen LogP contribution in [0.25, 0.3) is 11.1 Å². The lowest BCUT2D eigenvalue weighted by atomic mass is 9.88. The van der Waals surface area contributed by atoms with Gasteiger partial charge in [-0.05, 0) is 78.6 Å². The normalized spacial score (nSPS) is 16.3. The Morgan fingerprint density at radius 1 is 1.00 bits per heavy atom. The fourth-order valence-corrected chi connectivity index (χ4v) is 4.95. The summed E-state index contributed by atoms with van der Waals surface area (Å²) in [7, 11) is 0. The molecule has 0 radical (unpaired) electrons. The molecule has 1 aliphatic heterocycles. The van der Waals surface area contributed by atoms with Crippen LogP contribution in [-0.2, 0) is 14.3 Å². The van der Waals surface area contributed by atoms with Crippen molar-refractivity contribution in [1.29, 1.82) is 0 Å². The van der Waals surface area contributed by atoms with Gasteiger partial charge in [-0.1, -0.05) is 29.8 Å². The molecule has 3 aromatic carbocycles. The second-order valence-corrected chi connectivity index (χ2v) is 9.98. The molecular formula is C30H32ClN3O5. The van der Waals surface area contributed by atoms with Crippen LogP contribution in [0.5, 0.6) is 0 Å². The molecule has 2 amide bonds. The van der Waals surface area contributed by atoms with Gasteiger partial charge in [0, 0.05) is 41.5 Å². The second kappa shape index (κ2) is 12.8. The van der Waals surface area contributed by atoms with Gasteiger partial charge < -0.3 is 25.4 Å². The highest BCUT2D eigenvalue weighted by Gasteiger charge is 2.32. The van der Waals surface area contributed by atoms with E-state index in [4.69, 9.17) is 21.4 Å². The van der Waals surface area contributed by atoms with E-state index in [9.17, 15) is 14.4 Å². The molecule has 0 spiro atoms. The number of aliphatic carboxylic acids is 1. The van der Waals surface area contributed by atoms with Crippen LogP contribution in [0.4, 0.5) is 11.4 Å². The first-order valence-corrected chi connectivity index (χ1v) is 13.2. The first kappa shape index (κ1) is 28.1. The molecule has 0 aromatic heterocycles. The largest absolute Gasteiger partial charge is 0.481 e. The number of hydrogen-bond acceptors (Lipinski definition) is 5. The first-order valence-electron chi connectivity index (χ1n) is 12.9. The molecule has 3 N–H and O–H groups in total. The Kier molecular flexibility index (Phi) is 9.22. The number of ether oxygens (including phenoxy) is 1. The molecule has 9 heteroatoms. The molecule has 3 aromatic rings. The lowest BCUT2D eigenvalue weighted by Crippen LogP contribution is -2.43. The van der Waals surface area contributed by atoms with Gasteiger partial charge in [0.2, 0.25) is 5.91 Å². The zero-order valence-electron chi connectivity index (χ0n) is 21.9. The van der Waals surface area contributed by atoms with Gasteiger partial charge in [-0.15, -0.1) is 0 Å². The lowest BCUT2D eigenvalue weighted by molar-refractivity contribution is -0.138. The van der Waals surface area contributed by atoms with E-state index in [1.165, 1.54) is 0 Å². The number of amides is 2. The Bertz CT molecular complexity index is 1330. The summed E-state index contributed by atoms with van der Waals surface area (Å²) >= 11 is 6.06. The van der Waals surface area contributed by atoms with E-state index in [-0.39, 0.29) is 50.1 Å². The molecule has 1 aliphatic rings. The molecule has 0 saturated carbocycles. The topological polar surface area (TPSA) is 108 Å². The summed E-state index contributed by atoms with van der Waals surface area (Å²) in [5.41, 5.74) is 5.31. The predicted molar refractivity (Wildman–Crippen MR) is 152 cm³/mol. The number of halogens is 1. The summed E-state index contributed by atoms with van der Waals surface area (Å²) in [6, 6.07) is 21.0. The smallest absolute Gasteiger partial charge is 0.305 e. The summed E-state index contributed by atoms with van der Waals surface area (Å²) < 4.78 is 5.20. The molecule has 8 nitrogen and oxygen atoms in total. The fourth-order valence-electron chi connectivity index (χ4n) is 4.82. The molecule has 39 heavy (non-hydrogen) atoms. The highest BCUT2D eigenvalue weighted by Crippen LogP contribution is 2.41. The zero-order chi connectivity index (χ0) is 27.9. The van der Waals surface area contributed by atoms with E-state index in [0.717, 1.165) is 34.5 Å². The number of rotatable bonds is 10. The van der Waals surface area contributed by atoms with Gasteiger partial charge in [-0.2, -0.15) is 0 Å². The number of carboxylic acid groups (broad SMARTS) is 1. The van der Waals surface area contributed by atoms with Gasteiger partial charge in [-0.3, -0.25) is 14.4 Å². The van der Waals surface area contributed by atoms with Crippen molar-refractivity contribution in [3.05, 3.63) is 82.9 Å². The number of hydrogen-bond donors (Lipinski definition) is 3. The van der Waals surface area contributed by atoms with Crippen molar-refractivity contribution in [1.82, 2.24) is 5.32 Å². The number of carbonyl (C=O) groups is 3. The summed E-state index contributed by atoms with van der Waals surface area (Å²) in [5.74, 6) is -1.15. The van der Waals surface area contributed by atoms with Crippen molar-refractivity contribution in [2.24, 2.45) is 0 Å². The lowest BCUT2D eigenvalue weighted by Gasteiger charge is -2.39. The zero-order valence-corrected chi connectivity index (χ0v) is 22.7. The predicted octanol–water partition coefficient (Wildman–Crippen LogP) is 5.53. The Labute approximate surface area is 232 Å². The van der Waals surface area contributed by atoms with Crippen LogP contribution >= 0.6 is 11.6 Å². The minimum Gasteiger partial charge on any atom is -0.481 e. The van der Waals surface area contributed by atoms with Gasteiger partial charge in [0.25, 0.3) is 5.91 Å². The Hall–Kier alpha value is -3.88. The van der Waals surface area contributed by atoms with Crippen molar-refractivity contribution in [2.75, 3.05) is 30.0 Å². The molecule has 204 valence electrons. The highest BCUT2D eigenvalue weighted by molar-refractivity contribution is 6.30. The van der Waals surface area contributed by atoms with Crippen LogP contribution in [0.3, 0.4) is 0 Å². The molecule has 0 unspecified atom stereocenters. The maximum Gasteiger partial charge on any atom is 0.305 e. The molecule has 0 bridgehead atoms. The van der Waals surface area contributed by atoms with E-state index in [0.29, 0.717) is 10.6 Å². The van der Waals surface area contributed by atoms with Gasteiger partial charge in [-0.25, -0.2) is 0 Å². The Morgan fingerprint density at radius 3 is 2.36 bits per heavy atom. The number of anilines is 2. The van der Waals surface area contributed by atoms with Gasteiger partial charge in [0.15, 0.2) is 0 Å². The Morgan fingerprint density at radius 2 is 1.69 bits per heavy atom. The maximum atomic E-state index is 12.5. The SMILES string of the molecule is CC(=O)N1c2ccc(-c3ccc(C(=O)NCCOCCC(=O)O)cc3)cc2[C@H](Nc2ccc(Cl)cc2)C[C@@H]1C. The van der Waals surface area contributed by atoms with Gasteiger partial charge in [0.1, 0.15) is 0 Å². The van der Waals surface area contributed by atoms with E-state index in [1.54, 1.807) is 19.1 Å². The van der Waals surface area contributed by atoms with Crippen LogP contribution < -0.4 is 15.5 Å². The van der Waals surface area contributed by atoms with E-state index in [1.807, 2.05) is 53.4 Å². The summed E-state index contributed by atoms with van der Waals surface area (Å²) in [5, 5.41) is 15.7. The fraction of sp³-hybridized carbons (Fsp3) is 0.300. The van der Waals surface area contributed by atoms with E-state index >= 15 is 0 Å². The second-order valence-electron chi connectivity index (χ2n) is 9.54. The third-order valence-electron chi connectivity index (χ3n) is 6.68. The van der Waals surface area contributed by atoms with Crippen molar-refractivity contribution >= 4 is 40.8 Å². The van der Waals surface area contributed by atoms with Crippen LogP contribution in [0.1, 0.15) is 48.7 Å². The third kappa shape index (κ3) is 7.16. The Balaban J connectivity index is 1.50. The summed E-state index contributed by atoms with van der Waals surface area (Å²) in [6.07, 6.45) is 0.680. The van der Waals surface area contributed by atoms with Crippen molar-refractivity contribution < 1.29 is 24.2 Å². The molecule has 4 rings (SSSR count). The molecular weight excluding hydrogens is 518 g/mol. The summed E-state index contributed by atoms with van der Waals surface area (Å²) in [4.78, 5) is 37.3. The number of fused-ring (bicyclic) bond motifs is 1. The number of nitrogens with one attached hydrogen (secondary N) is 2. The monoisotopic (exact) mass is 549 g/mol. The average molecular weight is 550 g/mol. The first-order chi connectivity index (χ1) is 18.7. The van der Waals surface area contributed by atoms with Gasteiger partial charge >= 0.3 is 5.97 Å². The van der Waals surface area contributed by atoms with E-state index in [2.05, 4.69) is 23.6 Å². The van der Waals surface area contributed by atoms with Crippen LogP contribution in [0, 0.1) is 0 Å². The molecule has 1 heterocycles. The number of carboxylic acids is 1. The average Bonchev–Trinajstić information content (AvgIpc) is 2.91. The number of benzene rings is 3. The van der Waals surface area contributed by atoms with Gasteiger partial charge in [0.05, 0.1) is 25.7 Å². The molecule has 0 saturated heterocycles. The molecule has 0 fully saturated rings. The highest BCUT2D eigenvalue weighted by atomic mass is 35.5. The van der Waals surface area contributed by atoms with Crippen LogP contribution in [-0.4, -0.2) is 48.7 Å². The molecule has 2 atom stereocenters. The van der Waals surface area contributed by atoms with E-state index < -0.39 is 5.97 Å². The summed E-state index contributed by atoms with van der Waals surface area (Å²) in [6.45, 7) is 4.29. The standard InChI is InChI=1S/C30H32ClN3O5/c1-19-17-27(33-25-10-8-24(31)9-11-25)26-18-23(7-12-28(26)34(19)20(2)35)21-3-5-22(6-4-21)30(38)32-14-16-39-15-13-29(36)37/h3-12,18-19,27,33H,13-17H2,1-2H3,(H,32,38)(H,36,37)/t19-,27+/m0/s1. The van der Waals surface area contributed by atoms with Crippen molar-refractivity contribution in [3.8, 4) is 11.1 Å². The van der Waals surface area contributed by atoms with Crippen molar-refractivity contribution in [3.63, 3.8) is 0 Å². The van der Waals surface area contributed by atoms with Crippen LogP contribution in [0.15, 0.2) is 66.7 Å². The maximum absolute atomic E-state index is 12.5. The number of carbonyl (C=O) groups excluding carboxylic acids is 2. The minimum atomic E-state index is -0.919. The van der Waals surface area contributed by atoms with Crippen molar-refractivity contribution in [2.45, 2.75) is 38.8 Å². The number of nitrogens with zero attached hydrogens (tertiary/aromatic N) is 1.